The van der Waals surface area contributed by atoms with Crippen LogP contribution in [0.3, 0.4) is 0 Å². The number of rotatable bonds is 9. The maximum atomic E-state index is 11.7. The Labute approximate surface area is 127 Å². The molecule has 0 heterocycles. The Kier molecular flexibility index (Phi) is 7.40. The summed E-state index contributed by atoms with van der Waals surface area (Å²) in [4.78, 5) is 11.7. The van der Waals surface area contributed by atoms with Gasteiger partial charge in [0.05, 0.1) is 12.7 Å². The van der Waals surface area contributed by atoms with Crippen molar-refractivity contribution in [3.63, 3.8) is 0 Å². The molecule has 0 bridgehead atoms. The van der Waals surface area contributed by atoms with Gasteiger partial charge < -0.3 is 15.2 Å². The van der Waals surface area contributed by atoms with Gasteiger partial charge in [0, 0.05) is 13.0 Å². The molecule has 4 nitrogen and oxygen atoms in total. The van der Waals surface area contributed by atoms with Gasteiger partial charge in [-0.25, -0.2) is 0 Å². The van der Waals surface area contributed by atoms with Crippen molar-refractivity contribution in [2.45, 2.75) is 51.7 Å². The first kappa shape index (κ1) is 17.7. The Balaban J connectivity index is 2.24. The molecule has 1 aromatic rings. The quantitative estimate of drug-likeness (QED) is 0.562. The molecular weight excluding hydrogens is 266 g/mol. The summed E-state index contributed by atoms with van der Waals surface area (Å²) in [6.07, 6.45) is 2.33. The fourth-order valence-corrected chi connectivity index (χ4v) is 2.24. The van der Waals surface area contributed by atoms with Crippen LogP contribution in [0.2, 0.25) is 0 Å². The molecule has 2 atom stereocenters. The average molecular weight is 293 g/mol. The van der Waals surface area contributed by atoms with Crippen molar-refractivity contribution in [3.05, 3.63) is 35.9 Å². The van der Waals surface area contributed by atoms with Gasteiger partial charge in [-0.2, -0.15) is 0 Å². The van der Waals surface area contributed by atoms with E-state index >= 15 is 0 Å². The van der Waals surface area contributed by atoms with Crippen molar-refractivity contribution in [3.8, 4) is 0 Å². The van der Waals surface area contributed by atoms with E-state index in [1.165, 1.54) is 5.56 Å². The van der Waals surface area contributed by atoms with Crippen LogP contribution in [0.25, 0.3) is 0 Å². The van der Waals surface area contributed by atoms with E-state index in [0.29, 0.717) is 19.6 Å². The SMILES string of the molecule is CCOC(=O)C(C)(N)CC(C)OCCCc1ccccc1. The number of hydrogen-bond acceptors (Lipinski definition) is 4. The fourth-order valence-electron chi connectivity index (χ4n) is 2.24. The minimum atomic E-state index is -0.991. The minimum absolute atomic E-state index is 0.0693. The third-order valence-electron chi connectivity index (χ3n) is 3.31. The van der Waals surface area contributed by atoms with Crippen molar-refractivity contribution < 1.29 is 14.3 Å². The molecule has 0 radical (unpaired) electrons. The highest BCUT2D eigenvalue weighted by Crippen LogP contribution is 2.14. The molecule has 21 heavy (non-hydrogen) atoms. The minimum Gasteiger partial charge on any atom is -0.465 e. The van der Waals surface area contributed by atoms with Crippen LogP contribution in [0.15, 0.2) is 30.3 Å². The molecule has 2 unspecified atom stereocenters. The number of ether oxygens (including phenoxy) is 2. The second kappa shape index (κ2) is 8.80. The van der Waals surface area contributed by atoms with Gasteiger partial charge in [0.15, 0.2) is 0 Å². The summed E-state index contributed by atoms with van der Waals surface area (Å²) in [5.74, 6) is -0.371. The van der Waals surface area contributed by atoms with Crippen molar-refractivity contribution >= 4 is 5.97 Å². The van der Waals surface area contributed by atoms with Crippen LogP contribution in [0.4, 0.5) is 0 Å². The molecule has 2 N–H and O–H groups in total. The lowest BCUT2D eigenvalue weighted by molar-refractivity contribution is -0.150. The number of carbonyl (C=O) groups is 1. The molecule has 0 aliphatic carbocycles. The maximum absolute atomic E-state index is 11.7. The molecule has 118 valence electrons. The topological polar surface area (TPSA) is 61.5 Å². The van der Waals surface area contributed by atoms with Gasteiger partial charge in [-0.1, -0.05) is 30.3 Å². The Morgan fingerprint density at radius 2 is 2.00 bits per heavy atom. The van der Waals surface area contributed by atoms with E-state index in [1.807, 2.05) is 25.1 Å². The average Bonchev–Trinajstić information content (AvgIpc) is 2.44. The van der Waals surface area contributed by atoms with Gasteiger partial charge in [-0.05, 0) is 39.2 Å². The van der Waals surface area contributed by atoms with Crippen LogP contribution in [-0.2, 0) is 20.7 Å². The standard InChI is InChI=1S/C17H27NO3/c1-4-20-16(19)17(3,18)13-14(2)21-12-8-11-15-9-6-5-7-10-15/h5-7,9-10,14H,4,8,11-13,18H2,1-3H3. The predicted octanol–water partition coefficient (Wildman–Crippen LogP) is 2.69. The van der Waals surface area contributed by atoms with E-state index < -0.39 is 5.54 Å². The zero-order valence-electron chi connectivity index (χ0n) is 13.3. The summed E-state index contributed by atoms with van der Waals surface area (Å²) in [6, 6.07) is 10.3. The van der Waals surface area contributed by atoms with Crippen molar-refractivity contribution in [2.75, 3.05) is 13.2 Å². The van der Waals surface area contributed by atoms with Crippen LogP contribution in [0.5, 0.6) is 0 Å². The molecule has 4 heteroatoms. The molecule has 0 spiro atoms. The molecule has 0 saturated carbocycles. The maximum Gasteiger partial charge on any atom is 0.325 e. The second-order valence-corrected chi connectivity index (χ2v) is 5.61. The number of aryl methyl sites for hydroxylation is 1. The summed E-state index contributed by atoms with van der Waals surface area (Å²) < 4.78 is 10.7. The van der Waals surface area contributed by atoms with Crippen molar-refractivity contribution in [1.82, 2.24) is 0 Å². The summed E-state index contributed by atoms with van der Waals surface area (Å²) >= 11 is 0. The molecule has 0 fully saturated rings. The first-order valence-corrected chi connectivity index (χ1v) is 7.57. The summed E-state index contributed by atoms with van der Waals surface area (Å²) in [6.45, 7) is 6.41. The van der Waals surface area contributed by atoms with Crippen LogP contribution in [0.1, 0.15) is 39.2 Å². The molecule has 1 rings (SSSR count). The third-order valence-corrected chi connectivity index (χ3v) is 3.31. The molecular formula is C17H27NO3. The van der Waals surface area contributed by atoms with Gasteiger partial charge in [-0.15, -0.1) is 0 Å². The van der Waals surface area contributed by atoms with Crippen LogP contribution in [-0.4, -0.2) is 30.8 Å². The third kappa shape index (κ3) is 6.74. The molecule has 0 aromatic heterocycles. The fraction of sp³-hybridized carbons (Fsp3) is 0.588. The van der Waals surface area contributed by atoms with Crippen molar-refractivity contribution in [2.24, 2.45) is 5.73 Å². The largest absolute Gasteiger partial charge is 0.465 e. The van der Waals surface area contributed by atoms with E-state index in [2.05, 4.69) is 12.1 Å². The Morgan fingerprint density at radius 1 is 1.33 bits per heavy atom. The lowest BCUT2D eigenvalue weighted by Crippen LogP contribution is -2.48. The molecule has 1 aromatic carbocycles. The molecule has 0 amide bonds. The van der Waals surface area contributed by atoms with Crippen LogP contribution < -0.4 is 5.73 Å². The highest BCUT2D eigenvalue weighted by Gasteiger charge is 2.32. The molecule has 0 aliphatic rings. The van der Waals surface area contributed by atoms with Gasteiger partial charge >= 0.3 is 5.97 Å². The van der Waals surface area contributed by atoms with E-state index in [9.17, 15) is 4.79 Å². The summed E-state index contributed by atoms with van der Waals surface area (Å²) in [5.41, 5.74) is 6.31. The summed E-state index contributed by atoms with van der Waals surface area (Å²) in [7, 11) is 0. The van der Waals surface area contributed by atoms with E-state index in [0.717, 1.165) is 12.8 Å². The smallest absolute Gasteiger partial charge is 0.325 e. The van der Waals surface area contributed by atoms with Gasteiger partial charge in [0.25, 0.3) is 0 Å². The first-order chi connectivity index (χ1) is 9.95. The van der Waals surface area contributed by atoms with E-state index in [-0.39, 0.29) is 12.1 Å². The Bertz CT molecular complexity index is 417. The number of nitrogens with two attached hydrogens (primary N) is 1. The monoisotopic (exact) mass is 293 g/mol. The van der Waals surface area contributed by atoms with E-state index in [4.69, 9.17) is 15.2 Å². The zero-order valence-corrected chi connectivity index (χ0v) is 13.3. The van der Waals surface area contributed by atoms with Gasteiger partial charge in [0.1, 0.15) is 5.54 Å². The lowest BCUT2D eigenvalue weighted by atomic mass is 9.96. The number of benzene rings is 1. The first-order valence-electron chi connectivity index (χ1n) is 7.57. The van der Waals surface area contributed by atoms with E-state index in [1.54, 1.807) is 13.8 Å². The Morgan fingerprint density at radius 3 is 2.62 bits per heavy atom. The lowest BCUT2D eigenvalue weighted by Gasteiger charge is -2.25. The summed E-state index contributed by atoms with van der Waals surface area (Å²) in [5, 5.41) is 0. The highest BCUT2D eigenvalue weighted by atomic mass is 16.5. The number of esters is 1. The van der Waals surface area contributed by atoms with Crippen molar-refractivity contribution in [1.29, 1.82) is 0 Å². The van der Waals surface area contributed by atoms with Gasteiger partial charge in [-0.3, -0.25) is 4.79 Å². The molecule has 0 saturated heterocycles. The number of hydrogen-bond donors (Lipinski definition) is 1. The van der Waals surface area contributed by atoms with Crippen LogP contribution in [0, 0.1) is 0 Å². The Hall–Kier alpha value is -1.39. The van der Waals surface area contributed by atoms with Gasteiger partial charge in [0.2, 0.25) is 0 Å². The zero-order chi connectivity index (χ0) is 15.7. The normalized spacial score (nSPS) is 15.2. The molecule has 0 aliphatic heterocycles. The highest BCUT2D eigenvalue weighted by molar-refractivity contribution is 5.80. The number of carbonyl (C=O) groups excluding carboxylic acids is 1. The predicted molar refractivity (Wildman–Crippen MR) is 84.0 cm³/mol. The van der Waals surface area contributed by atoms with Crippen LogP contribution >= 0.6 is 0 Å². The second-order valence-electron chi connectivity index (χ2n) is 5.61.